The van der Waals surface area contributed by atoms with Crippen LogP contribution < -0.4 is 5.32 Å². The van der Waals surface area contributed by atoms with Gasteiger partial charge in [0.15, 0.2) is 0 Å². The zero-order valence-electron chi connectivity index (χ0n) is 16.9. The summed E-state index contributed by atoms with van der Waals surface area (Å²) in [7, 11) is 0. The number of nitrogens with one attached hydrogen (secondary N) is 1. The van der Waals surface area contributed by atoms with Crippen molar-refractivity contribution in [2.45, 2.75) is 58.9 Å². The van der Waals surface area contributed by atoms with E-state index in [1.807, 2.05) is 18.2 Å². The highest BCUT2D eigenvalue weighted by Crippen LogP contribution is 2.30. The molecule has 4 heteroatoms. The molecule has 4 rings (SSSR count). The van der Waals surface area contributed by atoms with Crippen molar-refractivity contribution < 1.29 is 4.79 Å². The lowest BCUT2D eigenvalue weighted by Crippen LogP contribution is -2.31. The molecule has 1 unspecified atom stereocenters. The SMILES string of the molecule is CCc1nc2ccc(C(=O)NC3CCCc4ccc(C)cc43)cc2nc1CC. The maximum absolute atomic E-state index is 13.0. The van der Waals surface area contributed by atoms with Crippen LogP contribution in [0.4, 0.5) is 0 Å². The van der Waals surface area contributed by atoms with Crippen molar-refractivity contribution in [2.75, 3.05) is 0 Å². The molecule has 1 atom stereocenters. The second-order valence-corrected chi connectivity index (χ2v) is 7.65. The topological polar surface area (TPSA) is 54.9 Å². The van der Waals surface area contributed by atoms with Gasteiger partial charge in [-0.05, 0) is 68.4 Å². The Morgan fingerprint density at radius 2 is 1.79 bits per heavy atom. The van der Waals surface area contributed by atoms with E-state index in [0.717, 1.165) is 54.5 Å². The van der Waals surface area contributed by atoms with Crippen LogP contribution in [0.25, 0.3) is 11.0 Å². The average Bonchev–Trinajstić information content (AvgIpc) is 2.72. The fourth-order valence-electron chi connectivity index (χ4n) is 4.14. The Morgan fingerprint density at radius 1 is 1.04 bits per heavy atom. The first kappa shape index (κ1) is 18.6. The minimum Gasteiger partial charge on any atom is -0.345 e. The Hall–Kier alpha value is -2.75. The highest BCUT2D eigenvalue weighted by Gasteiger charge is 2.22. The van der Waals surface area contributed by atoms with Gasteiger partial charge in [0, 0.05) is 5.56 Å². The normalized spacial score (nSPS) is 16.0. The third-order valence-corrected chi connectivity index (χ3v) is 5.67. The van der Waals surface area contributed by atoms with E-state index >= 15 is 0 Å². The van der Waals surface area contributed by atoms with Gasteiger partial charge in [0.2, 0.25) is 0 Å². The summed E-state index contributed by atoms with van der Waals surface area (Å²) in [6.07, 6.45) is 4.89. The number of benzene rings is 2. The molecule has 1 N–H and O–H groups in total. The monoisotopic (exact) mass is 373 g/mol. The molecule has 1 heterocycles. The van der Waals surface area contributed by atoms with Gasteiger partial charge in [-0.15, -0.1) is 0 Å². The number of hydrogen-bond donors (Lipinski definition) is 1. The van der Waals surface area contributed by atoms with Gasteiger partial charge in [0.05, 0.1) is 28.5 Å². The number of fused-ring (bicyclic) bond motifs is 2. The van der Waals surface area contributed by atoms with Gasteiger partial charge in [-0.25, -0.2) is 9.97 Å². The van der Waals surface area contributed by atoms with E-state index < -0.39 is 0 Å². The number of aromatic nitrogens is 2. The highest BCUT2D eigenvalue weighted by atomic mass is 16.1. The first-order chi connectivity index (χ1) is 13.6. The Balaban J connectivity index is 1.62. The molecule has 0 radical (unpaired) electrons. The van der Waals surface area contributed by atoms with Crippen LogP contribution in [0.1, 0.15) is 71.2 Å². The fourth-order valence-corrected chi connectivity index (χ4v) is 4.14. The molecule has 2 aromatic carbocycles. The zero-order chi connectivity index (χ0) is 19.7. The molecular weight excluding hydrogens is 346 g/mol. The van der Waals surface area contributed by atoms with Crippen LogP contribution in [0.3, 0.4) is 0 Å². The lowest BCUT2D eigenvalue weighted by Gasteiger charge is -2.27. The van der Waals surface area contributed by atoms with Gasteiger partial charge in [-0.1, -0.05) is 37.6 Å². The molecular formula is C24H27N3O. The van der Waals surface area contributed by atoms with Crippen LogP contribution in [-0.2, 0) is 19.3 Å². The smallest absolute Gasteiger partial charge is 0.251 e. The predicted octanol–water partition coefficient (Wildman–Crippen LogP) is 4.87. The highest BCUT2D eigenvalue weighted by molar-refractivity contribution is 5.97. The van der Waals surface area contributed by atoms with Crippen LogP contribution >= 0.6 is 0 Å². The number of aryl methyl sites for hydroxylation is 4. The van der Waals surface area contributed by atoms with Crippen molar-refractivity contribution in [1.29, 1.82) is 0 Å². The van der Waals surface area contributed by atoms with Gasteiger partial charge >= 0.3 is 0 Å². The second kappa shape index (κ2) is 7.70. The molecule has 28 heavy (non-hydrogen) atoms. The molecule has 0 spiro atoms. The van der Waals surface area contributed by atoms with Crippen molar-refractivity contribution in [3.8, 4) is 0 Å². The molecule has 4 nitrogen and oxygen atoms in total. The van der Waals surface area contributed by atoms with Gasteiger partial charge in [-0.3, -0.25) is 4.79 Å². The number of rotatable bonds is 4. The summed E-state index contributed by atoms with van der Waals surface area (Å²) in [5.74, 6) is -0.0410. The molecule has 0 aliphatic heterocycles. The minimum atomic E-state index is -0.0410. The molecule has 1 aliphatic carbocycles. The first-order valence-electron chi connectivity index (χ1n) is 10.3. The van der Waals surface area contributed by atoms with E-state index in [9.17, 15) is 4.79 Å². The van der Waals surface area contributed by atoms with E-state index in [0.29, 0.717) is 5.56 Å². The quantitative estimate of drug-likeness (QED) is 0.710. The van der Waals surface area contributed by atoms with Crippen molar-refractivity contribution >= 4 is 16.9 Å². The van der Waals surface area contributed by atoms with Crippen molar-refractivity contribution in [3.05, 3.63) is 70.0 Å². The molecule has 144 valence electrons. The molecule has 0 bridgehead atoms. The van der Waals surface area contributed by atoms with Crippen molar-refractivity contribution in [1.82, 2.24) is 15.3 Å². The standard InChI is InChI=1S/C24H27N3O/c1-4-19-20(5-2)26-23-14-17(11-12-22(23)25-19)24(28)27-21-8-6-7-16-10-9-15(3)13-18(16)21/h9-14,21H,4-8H2,1-3H3,(H,27,28). The summed E-state index contributed by atoms with van der Waals surface area (Å²) in [4.78, 5) is 22.5. The lowest BCUT2D eigenvalue weighted by atomic mass is 9.86. The number of nitrogens with zero attached hydrogens (tertiary/aromatic N) is 2. The number of carbonyl (C=O) groups excluding carboxylic acids is 1. The van der Waals surface area contributed by atoms with Crippen LogP contribution in [0, 0.1) is 6.92 Å². The predicted molar refractivity (Wildman–Crippen MR) is 113 cm³/mol. The summed E-state index contributed by atoms with van der Waals surface area (Å²) >= 11 is 0. The van der Waals surface area contributed by atoms with Crippen LogP contribution in [0.5, 0.6) is 0 Å². The maximum Gasteiger partial charge on any atom is 0.251 e. The first-order valence-corrected chi connectivity index (χ1v) is 10.3. The summed E-state index contributed by atoms with van der Waals surface area (Å²) in [6.45, 7) is 6.29. The van der Waals surface area contributed by atoms with Gasteiger partial charge < -0.3 is 5.32 Å². The molecule has 0 fully saturated rings. The Labute approximate surface area is 166 Å². The van der Waals surface area contributed by atoms with Gasteiger partial charge in [-0.2, -0.15) is 0 Å². The third-order valence-electron chi connectivity index (χ3n) is 5.67. The largest absolute Gasteiger partial charge is 0.345 e. The molecule has 1 aromatic heterocycles. The maximum atomic E-state index is 13.0. The summed E-state index contributed by atoms with van der Waals surface area (Å²) < 4.78 is 0. The van der Waals surface area contributed by atoms with Crippen LogP contribution in [-0.4, -0.2) is 15.9 Å². The number of hydrogen-bond acceptors (Lipinski definition) is 3. The lowest BCUT2D eigenvalue weighted by molar-refractivity contribution is 0.0933. The van der Waals surface area contributed by atoms with Gasteiger partial charge in [0.1, 0.15) is 0 Å². The Bertz CT molecular complexity index is 1040. The van der Waals surface area contributed by atoms with E-state index in [-0.39, 0.29) is 11.9 Å². The molecule has 0 saturated carbocycles. The van der Waals surface area contributed by atoms with E-state index in [1.165, 1.54) is 16.7 Å². The average molecular weight is 374 g/mol. The van der Waals surface area contributed by atoms with E-state index in [2.05, 4.69) is 44.3 Å². The second-order valence-electron chi connectivity index (χ2n) is 7.65. The van der Waals surface area contributed by atoms with Gasteiger partial charge in [0.25, 0.3) is 5.91 Å². The molecule has 3 aromatic rings. The number of amides is 1. The van der Waals surface area contributed by atoms with Crippen LogP contribution in [0.2, 0.25) is 0 Å². The van der Waals surface area contributed by atoms with Crippen molar-refractivity contribution in [2.24, 2.45) is 0 Å². The minimum absolute atomic E-state index is 0.0410. The van der Waals surface area contributed by atoms with Crippen molar-refractivity contribution in [3.63, 3.8) is 0 Å². The Morgan fingerprint density at radius 3 is 2.54 bits per heavy atom. The molecule has 1 aliphatic rings. The number of carbonyl (C=O) groups is 1. The zero-order valence-corrected chi connectivity index (χ0v) is 16.9. The Kier molecular flexibility index (Phi) is 5.12. The van der Waals surface area contributed by atoms with Crippen LogP contribution in [0.15, 0.2) is 36.4 Å². The molecule has 1 amide bonds. The summed E-state index contributed by atoms with van der Waals surface area (Å²) in [5.41, 5.74) is 8.20. The molecule has 0 saturated heterocycles. The van der Waals surface area contributed by atoms with E-state index in [4.69, 9.17) is 9.97 Å². The van der Waals surface area contributed by atoms with E-state index in [1.54, 1.807) is 0 Å². The summed E-state index contributed by atoms with van der Waals surface area (Å²) in [5, 5.41) is 3.25. The third kappa shape index (κ3) is 3.51. The summed E-state index contributed by atoms with van der Waals surface area (Å²) in [6, 6.07) is 12.3. The fraction of sp³-hybridized carbons (Fsp3) is 0.375.